The second-order valence-electron chi connectivity index (χ2n) is 9.66. The number of pyridine rings is 1. The quantitative estimate of drug-likeness (QED) is 0.374. The Kier molecular flexibility index (Phi) is 5.37. The number of aliphatic hydroxyl groups is 1. The van der Waals surface area contributed by atoms with Crippen molar-refractivity contribution in [2.24, 2.45) is 7.05 Å². The van der Waals surface area contributed by atoms with Gasteiger partial charge in [-0.3, -0.25) is 0 Å². The van der Waals surface area contributed by atoms with E-state index < -0.39 is 5.60 Å². The van der Waals surface area contributed by atoms with Crippen LogP contribution in [0, 0.1) is 11.8 Å². The number of benzene rings is 2. The Morgan fingerprint density at radius 2 is 1.66 bits per heavy atom. The van der Waals surface area contributed by atoms with Gasteiger partial charge in [-0.15, -0.1) is 0 Å². The molecule has 5 rings (SSSR count). The zero-order chi connectivity index (χ0) is 22.2. The van der Waals surface area contributed by atoms with E-state index in [4.69, 9.17) is 0 Å². The molecule has 1 saturated heterocycles. The van der Waals surface area contributed by atoms with Gasteiger partial charge in [-0.25, -0.2) is 4.57 Å². The lowest BCUT2D eigenvalue weighted by atomic mass is 9.88. The Labute approximate surface area is 191 Å². The minimum absolute atomic E-state index is 0.423. The topological polar surface area (TPSA) is 24.1 Å². The van der Waals surface area contributed by atoms with Crippen LogP contribution in [0.4, 0.5) is 0 Å². The van der Waals surface area contributed by atoms with Crippen LogP contribution in [-0.4, -0.2) is 29.7 Å². The molecule has 162 valence electrons. The number of likely N-dealkylation sites (tertiary alicyclic amines) is 1. The van der Waals surface area contributed by atoms with Gasteiger partial charge in [0.05, 0.1) is 19.2 Å². The third kappa shape index (κ3) is 3.54. The number of hydrogen-bond donors (Lipinski definition) is 1. The van der Waals surface area contributed by atoms with Crippen molar-refractivity contribution in [1.29, 1.82) is 0 Å². The van der Waals surface area contributed by atoms with Crippen LogP contribution in [0.25, 0.3) is 11.1 Å². The zero-order valence-corrected chi connectivity index (χ0v) is 19.1. The van der Waals surface area contributed by atoms with Crippen LogP contribution >= 0.6 is 0 Å². The minimum Gasteiger partial charge on any atom is -0.379 e. The van der Waals surface area contributed by atoms with Gasteiger partial charge in [0.2, 0.25) is 0 Å². The van der Waals surface area contributed by atoms with Crippen molar-refractivity contribution < 1.29 is 14.2 Å². The number of quaternary nitrogens is 1. The molecule has 2 atom stereocenters. The fourth-order valence-corrected chi connectivity index (χ4v) is 5.72. The Morgan fingerprint density at radius 1 is 0.969 bits per heavy atom. The summed E-state index contributed by atoms with van der Waals surface area (Å²) in [5.41, 5.74) is 4.56. The largest absolute Gasteiger partial charge is 0.379 e. The SMILES string of the molecule is C[n+]1cccc([C@@H]2CCCC[N@+]2(C)CC#CCC2(O)c3ccccc3-c3ccccc32)c1. The molecule has 1 fully saturated rings. The highest BCUT2D eigenvalue weighted by molar-refractivity contribution is 5.80. The van der Waals surface area contributed by atoms with Gasteiger partial charge in [-0.05, 0) is 47.1 Å². The van der Waals surface area contributed by atoms with Crippen LogP contribution in [0.1, 0.15) is 48.4 Å². The van der Waals surface area contributed by atoms with Crippen molar-refractivity contribution in [2.75, 3.05) is 20.1 Å². The van der Waals surface area contributed by atoms with Crippen molar-refractivity contribution in [3.63, 3.8) is 0 Å². The lowest BCUT2D eigenvalue weighted by Gasteiger charge is -2.43. The number of rotatable bonds is 3. The maximum Gasteiger partial charge on any atom is 0.177 e. The monoisotopic (exact) mass is 424 g/mol. The van der Waals surface area contributed by atoms with Crippen molar-refractivity contribution in [3.8, 4) is 23.0 Å². The van der Waals surface area contributed by atoms with Gasteiger partial charge in [0.15, 0.2) is 12.4 Å². The molecule has 1 aliphatic carbocycles. The second kappa shape index (κ2) is 8.20. The maximum absolute atomic E-state index is 11.7. The summed E-state index contributed by atoms with van der Waals surface area (Å²) >= 11 is 0. The molecule has 2 aromatic carbocycles. The molecule has 1 N–H and O–H groups in total. The van der Waals surface area contributed by atoms with Gasteiger partial charge in [-0.1, -0.05) is 54.5 Å². The summed E-state index contributed by atoms with van der Waals surface area (Å²) in [4.78, 5) is 0. The average Bonchev–Trinajstić information content (AvgIpc) is 3.06. The summed E-state index contributed by atoms with van der Waals surface area (Å²) in [5.74, 6) is 6.86. The lowest BCUT2D eigenvalue weighted by molar-refractivity contribution is -0.938. The third-order valence-electron chi connectivity index (χ3n) is 7.44. The summed E-state index contributed by atoms with van der Waals surface area (Å²) in [6.45, 7) is 1.95. The van der Waals surface area contributed by atoms with Gasteiger partial charge in [-0.2, -0.15) is 0 Å². The Balaban J connectivity index is 1.40. The highest BCUT2D eigenvalue weighted by Gasteiger charge is 2.41. The predicted octanol–water partition coefficient (Wildman–Crippen LogP) is 4.49. The number of nitrogens with zero attached hydrogens (tertiary/aromatic N) is 2. The number of fused-ring (bicyclic) bond motifs is 3. The molecule has 0 spiro atoms. The molecule has 0 bridgehead atoms. The van der Waals surface area contributed by atoms with E-state index in [0.29, 0.717) is 12.5 Å². The number of hydrogen-bond acceptors (Lipinski definition) is 1. The standard InChI is InChI=1S/C29H32N2O/c1-30-19-11-12-23(22-30)28-17-7-9-20-31(28,2)21-10-8-18-29(32)26-15-5-3-13-24(26)25-14-4-6-16-27(25)29/h3-6,11-16,19,22,28,32H,7,9,17-18,20-21H2,1-2H3/q+2/t28-,31+/m0/s1. The molecule has 3 nitrogen and oxygen atoms in total. The molecule has 0 amide bonds. The summed E-state index contributed by atoms with van der Waals surface area (Å²) in [6, 6.07) is 21.3. The molecule has 1 aliphatic heterocycles. The van der Waals surface area contributed by atoms with Crippen LogP contribution in [0.15, 0.2) is 73.1 Å². The van der Waals surface area contributed by atoms with Crippen molar-refractivity contribution >= 4 is 0 Å². The van der Waals surface area contributed by atoms with Crippen molar-refractivity contribution in [1.82, 2.24) is 0 Å². The number of aromatic nitrogens is 1. The van der Waals surface area contributed by atoms with E-state index in [0.717, 1.165) is 39.8 Å². The van der Waals surface area contributed by atoms with Crippen LogP contribution in [-0.2, 0) is 12.6 Å². The molecular weight excluding hydrogens is 392 g/mol. The highest BCUT2D eigenvalue weighted by atomic mass is 16.3. The molecule has 3 heteroatoms. The van der Waals surface area contributed by atoms with Crippen LogP contribution in [0.5, 0.6) is 0 Å². The van der Waals surface area contributed by atoms with E-state index in [-0.39, 0.29) is 0 Å². The van der Waals surface area contributed by atoms with Crippen molar-refractivity contribution in [3.05, 3.63) is 89.7 Å². The Morgan fingerprint density at radius 3 is 2.34 bits per heavy atom. The summed E-state index contributed by atoms with van der Waals surface area (Å²) in [5, 5.41) is 11.7. The lowest BCUT2D eigenvalue weighted by Crippen LogP contribution is -2.50. The fraction of sp³-hybridized carbons (Fsp3) is 0.345. The second-order valence-corrected chi connectivity index (χ2v) is 9.66. The summed E-state index contributed by atoms with van der Waals surface area (Å²) in [6.07, 6.45) is 8.50. The van der Waals surface area contributed by atoms with E-state index in [1.165, 1.54) is 24.8 Å². The smallest absolute Gasteiger partial charge is 0.177 e. The maximum atomic E-state index is 11.7. The molecule has 0 saturated carbocycles. The van der Waals surface area contributed by atoms with Gasteiger partial charge >= 0.3 is 0 Å². The zero-order valence-electron chi connectivity index (χ0n) is 19.1. The Hall–Kier alpha value is -2.93. The molecule has 2 aliphatic rings. The molecule has 3 aromatic rings. The number of piperidine rings is 1. The van der Waals surface area contributed by atoms with Crippen LogP contribution < -0.4 is 4.57 Å². The fourth-order valence-electron chi connectivity index (χ4n) is 5.72. The highest BCUT2D eigenvalue weighted by Crippen LogP contribution is 2.48. The van der Waals surface area contributed by atoms with Crippen molar-refractivity contribution in [2.45, 2.75) is 37.3 Å². The molecule has 32 heavy (non-hydrogen) atoms. The first-order chi connectivity index (χ1) is 15.5. The van der Waals surface area contributed by atoms with E-state index in [2.05, 4.69) is 67.2 Å². The predicted molar refractivity (Wildman–Crippen MR) is 127 cm³/mol. The van der Waals surface area contributed by atoms with Crippen LogP contribution in [0.2, 0.25) is 0 Å². The molecular formula is C29H32N2O+2. The average molecular weight is 425 g/mol. The van der Waals surface area contributed by atoms with Gasteiger partial charge in [0, 0.05) is 18.9 Å². The first-order valence-corrected chi connectivity index (χ1v) is 11.7. The van der Waals surface area contributed by atoms with Crippen LogP contribution in [0.3, 0.4) is 0 Å². The van der Waals surface area contributed by atoms with E-state index in [1.807, 2.05) is 36.4 Å². The first kappa shape index (κ1) is 20.9. The van der Waals surface area contributed by atoms with E-state index in [9.17, 15) is 5.11 Å². The van der Waals surface area contributed by atoms with Gasteiger partial charge in [0.1, 0.15) is 25.2 Å². The van der Waals surface area contributed by atoms with E-state index >= 15 is 0 Å². The van der Waals surface area contributed by atoms with Gasteiger partial charge < -0.3 is 9.59 Å². The molecule has 2 heterocycles. The van der Waals surface area contributed by atoms with E-state index in [1.54, 1.807) is 0 Å². The summed E-state index contributed by atoms with van der Waals surface area (Å²) in [7, 11) is 4.44. The normalized spacial score (nSPS) is 23.0. The third-order valence-corrected chi connectivity index (χ3v) is 7.44. The van der Waals surface area contributed by atoms with Gasteiger partial charge in [0.25, 0.3) is 0 Å². The molecule has 1 aromatic heterocycles. The Bertz CT molecular complexity index is 1160. The minimum atomic E-state index is -1.03. The molecule has 0 radical (unpaired) electrons. The summed E-state index contributed by atoms with van der Waals surface area (Å²) < 4.78 is 3.09. The first-order valence-electron chi connectivity index (χ1n) is 11.7. The number of aryl methyl sites for hydroxylation is 1. The molecule has 0 unspecified atom stereocenters.